The maximum Gasteiger partial charge on any atom is 0.0279 e. The number of nitrogens with zero attached hydrogens (tertiary/aromatic N) is 1. The van der Waals surface area contributed by atoms with Crippen LogP contribution in [0.1, 0.15) is 12.5 Å². The van der Waals surface area contributed by atoms with Gasteiger partial charge in [0.05, 0.1) is 0 Å². The van der Waals surface area contributed by atoms with Crippen LogP contribution in [0.4, 0.5) is 0 Å². The highest BCUT2D eigenvalue weighted by Crippen LogP contribution is 2.26. The molecule has 88 valence electrons. The van der Waals surface area contributed by atoms with E-state index in [1.165, 1.54) is 15.4 Å². The van der Waals surface area contributed by atoms with Gasteiger partial charge in [-0.05, 0) is 36.4 Å². The maximum absolute atomic E-state index is 4.01. The number of nitrogens with one attached hydrogen (secondary N) is 1. The Morgan fingerprint density at radius 1 is 1.00 bits per heavy atom. The van der Waals surface area contributed by atoms with E-state index in [0.29, 0.717) is 0 Å². The molecule has 2 rings (SSSR count). The van der Waals surface area contributed by atoms with Crippen molar-refractivity contribution >= 4 is 11.8 Å². The fourth-order valence-electron chi connectivity index (χ4n) is 1.49. The summed E-state index contributed by atoms with van der Waals surface area (Å²) in [6.45, 7) is 4.07. The third-order valence-electron chi connectivity index (χ3n) is 2.39. The predicted octanol–water partition coefficient (Wildman–Crippen LogP) is 3.34. The van der Waals surface area contributed by atoms with Crippen molar-refractivity contribution in [2.45, 2.75) is 23.3 Å². The predicted molar refractivity (Wildman–Crippen MR) is 72.2 cm³/mol. The van der Waals surface area contributed by atoms with E-state index in [-0.39, 0.29) is 0 Å². The lowest BCUT2D eigenvalue weighted by molar-refractivity contribution is 0.726. The highest BCUT2D eigenvalue weighted by Gasteiger charge is 1.97. The van der Waals surface area contributed by atoms with Gasteiger partial charge in [0.25, 0.3) is 0 Å². The van der Waals surface area contributed by atoms with Crippen molar-refractivity contribution in [1.82, 2.24) is 10.3 Å². The smallest absolute Gasteiger partial charge is 0.0279 e. The van der Waals surface area contributed by atoms with Crippen molar-refractivity contribution in [3.05, 3.63) is 54.4 Å². The molecule has 0 unspecified atom stereocenters. The highest BCUT2D eigenvalue weighted by molar-refractivity contribution is 7.99. The van der Waals surface area contributed by atoms with Crippen LogP contribution in [0.2, 0.25) is 0 Å². The molecule has 2 nitrogen and oxygen atoms in total. The Hall–Kier alpha value is -1.32. The van der Waals surface area contributed by atoms with Gasteiger partial charge in [0, 0.05) is 28.7 Å². The van der Waals surface area contributed by atoms with Crippen LogP contribution in [-0.2, 0) is 6.54 Å². The quantitative estimate of drug-likeness (QED) is 0.873. The van der Waals surface area contributed by atoms with E-state index in [9.17, 15) is 0 Å². The first-order valence-corrected chi connectivity index (χ1v) is 6.57. The van der Waals surface area contributed by atoms with Gasteiger partial charge in [0.1, 0.15) is 0 Å². The van der Waals surface area contributed by atoms with Crippen LogP contribution in [0.15, 0.2) is 58.6 Å². The van der Waals surface area contributed by atoms with Gasteiger partial charge in [0.15, 0.2) is 0 Å². The standard InChI is InChI=1S/C14H16N2S/c1-2-15-11-12-3-5-13(6-4-12)17-14-7-9-16-10-8-14/h3-10,15H,2,11H2,1H3. The molecular formula is C14H16N2S. The molecule has 0 aliphatic heterocycles. The van der Waals surface area contributed by atoms with Crippen molar-refractivity contribution in [2.75, 3.05) is 6.54 Å². The van der Waals surface area contributed by atoms with Gasteiger partial charge in [-0.15, -0.1) is 0 Å². The Labute approximate surface area is 106 Å². The lowest BCUT2D eigenvalue weighted by Crippen LogP contribution is -2.11. The largest absolute Gasteiger partial charge is 0.313 e. The third kappa shape index (κ3) is 3.88. The Bertz CT molecular complexity index is 440. The summed E-state index contributed by atoms with van der Waals surface area (Å²) in [5, 5.41) is 3.32. The minimum atomic E-state index is 0.941. The zero-order chi connectivity index (χ0) is 11.9. The summed E-state index contributed by atoms with van der Waals surface area (Å²) < 4.78 is 0. The first-order valence-electron chi connectivity index (χ1n) is 5.76. The topological polar surface area (TPSA) is 24.9 Å². The summed E-state index contributed by atoms with van der Waals surface area (Å²) in [6, 6.07) is 12.7. The molecule has 0 radical (unpaired) electrons. The van der Waals surface area contributed by atoms with Crippen LogP contribution >= 0.6 is 11.8 Å². The highest BCUT2D eigenvalue weighted by atomic mass is 32.2. The Morgan fingerprint density at radius 3 is 2.29 bits per heavy atom. The first-order chi connectivity index (χ1) is 8.38. The van der Waals surface area contributed by atoms with Crippen molar-refractivity contribution < 1.29 is 0 Å². The van der Waals surface area contributed by atoms with Crippen LogP contribution in [0, 0.1) is 0 Å². The van der Waals surface area contributed by atoms with E-state index in [1.54, 1.807) is 11.8 Å². The molecule has 0 saturated heterocycles. The molecule has 0 atom stereocenters. The molecule has 0 amide bonds. The second-order valence-corrected chi connectivity index (χ2v) is 4.86. The average molecular weight is 244 g/mol. The molecule has 1 aromatic carbocycles. The van der Waals surface area contributed by atoms with Crippen molar-refractivity contribution in [3.63, 3.8) is 0 Å². The normalized spacial score (nSPS) is 10.4. The Morgan fingerprint density at radius 2 is 1.65 bits per heavy atom. The van der Waals surface area contributed by atoms with Gasteiger partial charge >= 0.3 is 0 Å². The van der Waals surface area contributed by atoms with Crippen molar-refractivity contribution in [3.8, 4) is 0 Å². The number of aromatic nitrogens is 1. The van der Waals surface area contributed by atoms with E-state index in [0.717, 1.165) is 13.1 Å². The van der Waals surface area contributed by atoms with Crippen LogP contribution < -0.4 is 5.32 Å². The Balaban J connectivity index is 1.98. The summed E-state index contributed by atoms with van der Waals surface area (Å²) in [4.78, 5) is 6.50. The Kier molecular flexibility index (Phi) is 4.59. The molecule has 0 bridgehead atoms. The van der Waals surface area contributed by atoms with Gasteiger partial charge in [-0.2, -0.15) is 0 Å². The van der Waals surface area contributed by atoms with Gasteiger partial charge < -0.3 is 5.32 Å². The molecule has 0 saturated carbocycles. The van der Waals surface area contributed by atoms with Crippen LogP contribution in [0.25, 0.3) is 0 Å². The van der Waals surface area contributed by atoms with E-state index in [2.05, 4.69) is 41.5 Å². The van der Waals surface area contributed by atoms with Gasteiger partial charge in [-0.25, -0.2) is 0 Å². The molecule has 1 heterocycles. The number of pyridine rings is 1. The minimum Gasteiger partial charge on any atom is -0.313 e. The molecule has 0 aliphatic carbocycles. The summed E-state index contributed by atoms with van der Waals surface area (Å²) in [5.74, 6) is 0. The van der Waals surface area contributed by atoms with E-state index in [1.807, 2.05) is 24.5 Å². The molecule has 3 heteroatoms. The first kappa shape index (κ1) is 12.1. The zero-order valence-corrected chi connectivity index (χ0v) is 10.7. The summed E-state index contributed by atoms with van der Waals surface area (Å²) in [5.41, 5.74) is 1.32. The van der Waals surface area contributed by atoms with Gasteiger partial charge in [-0.1, -0.05) is 30.8 Å². The SMILES string of the molecule is CCNCc1ccc(Sc2ccncc2)cc1. The molecule has 17 heavy (non-hydrogen) atoms. The summed E-state index contributed by atoms with van der Waals surface area (Å²) in [6.07, 6.45) is 3.64. The minimum absolute atomic E-state index is 0.941. The number of rotatable bonds is 5. The number of hydrogen-bond acceptors (Lipinski definition) is 3. The van der Waals surface area contributed by atoms with E-state index in [4.69, 9.17) is 0 Å². The second kappa shape index (κ2) is 6.42. The molecule has 0 spiro atoms. The molecule has 1 N–H and O–H groups in total. The molecular weight excluding hydrogens is 228 g/mol. The van der Waals surface area contributed by atoms with Crippen LogP contribution in [0.5, 0.6) is 0 Å². The zero-order valence-electron chi connectivity index (χ0n) is 9.89. The fraction of sp³-hybridized carbons (Fsp3) is 0.214. The van der Waals surface area contributed by atoms with Crippen LogP contribution in [0.3, 0.4) is 0 Å². The third-order valence-corrected chi connectivity index (χ3v) is 3.40. The van der Waals surface area contributed by atoms with Gasteiger partial charge in [-0.3, -0.25) is 4.98 Å². The van der Waals surface area contributed by atoms with Crippen LogP contribution in [-0.4, -0.2) is 11.5 Å². The second-order valence-electron chi connectivity index (χ2n) is 3.71. The number of hydrogen-bond donors (Lipinski definition) is 1. The monoisotopic (exact) mass is 244 g/mol. The molecule has 2 aromatic rings. The molecule has 1 aromatic heterocycles. The van der Waals surface area contributed by atoms with E-state index >= 15 is 0 Å². The molecule has 0 aliphatic rings. The average Bonchev–Trinajstić information content (AvgIpc) is 2.39. The fourth-order valence-corrected chi connectivity index (χ4v) is 2.29. The molecule has 0 fully saturated rings. The van der Waals surface area contributed by atoms with Crippen molar-refractivity contribution in [2.24, 2.45) is 0 Å². The van der Waals surface area contributed by atoms with Crippen molar-refractivity contribution in [1.29, 1.82) is 0 Å². The van der Waals surface area contributed by atoms with E-state index < -0.39 is 0 Å². The lowest BCUT2D eigenvalue weighted by atomic mass is 10.2. The maximum atomic E-state index is 4.01. The summed E-state index contributed by atoms with van der Waals surface area (Å²) in [7, 11) is 0. The number of benzene rings is 1. The lowest BCUT2D eigenvalue weighted by Gasteiger charge is -2.04. The van der Waals surface area contributed by atoms with Gasteiger partial charge in [0.2, 0.25) is 0 Å². The summed E-state index contributed by atoms with van der Waals surface area (Å²) >= 11 is 1.76.